The highest BCUT2D eigenvalue weighted by Gasteiger charge is 2.25. The van der Waals surface area contributed by atoms with Crippen LogP contribution in [0.3, 0.4) is 0 Å². The molecule has 0 saturated heterocycles. The minimum atomic E-state index is -0.426. The maximum Gasteiger partial charge on any atom is 0.240 e. The van der Waals surface area contributed by atoms with Crippen molar-refractivity contribution in [2.24, 2.45) is 0 Å². The van der Waals surface area contributed by atoms with Crippen molar-refractivity contribution in [3.05, 3.63) is 59.7 Å². The summed E-state index contributed by atoms with van der Waals surface area (Å²) in [7, 11) is 0. The Hall–Kier alpha value is -3.18. The number of nitriles is 1. The standard InChI is InChI=1S/C21H22N6OS/c1-15-10-11-19(14-16(15)2)27-21(23-24-25-27)29-17(3)20(28)26(13-7-12-22)18-8-5-4-6-9-18/h4-6,8-11,14,17H,7,13H2,1-3H3/t17-/m0/s1. The van der Waals surface area contributed by atoms with E-state index in [4.69, 9.17) is 5.26 Å². The number of hydrogen-bond acceptors (Lipinski definition) is 6. The molecule has 0 bridgehead atoms. The number of para-hydroxylation sites is 1. The normalized spacial score (nSPS) is 11.7. The first-order chi connectivity index (χ1) is 14.0. The lowest BCUT2D eigenvalue weighted by atomic mass is 10.1. The number of amides is 1. The highest BCUT2D eigenvalue weighted by molar-refractivity contribution is 8.00. The summed E-state index contributed by atoms with van der Waals surface area (Å²) in [5.41, 5.74) is 3.96. The Morgan fingerprint density at radius 1 is 1.21 bits per heavy atom. The van der Waals surface area contributed by atoms with E-state index in [0.717, 1.165) is 16.9 Å². The van der Waals surface area contributed by atoms with E-state index in [0.29, 0.717) is 11.7 Å². The third-order valence-electron chi connectivity index (χ3n) is 4.59. The number of rotatable bonds is 7. The third kappa shape index (κ3) is 4.81. The number of aryl methyl sites for hydroxylation is 2. The van der Waals surface area contributed by atoms with Crippen molar-refractivity contribution in [1.29, 1.82) is 5.26 Å². The number of tetrazole rings is 1. The van der Waals surface area contributed by atoms with Gasteiger partial charge in [0.1, 0.15) is 0 Å². The number of carbonyl (C=O) groups excluding carboxylic acids is 1. The molecule has 8 heteroatoms. The number of aromatic nitrogens is 4. The highest BCUT2D eigenvalue weighted by atomic mass is 32.2. The van der Waals surface area contributed by atoms with Crippen LogP contribution in [0.2, 0.25) is 0 Å². The summed E-state index contributed by atoms with van der Waals surface area (Å²) < 4.78 is 1.64. The lowest BCUT2D eigenvalue weighted by Crippen LogP contribution is -2.37. The fourth-order valence-electron chi connectivity index (χ4n) is 2.84. The molecule has 0 radical (unpaired) electrons. The number of carbonyl (C=O) groups is 1. The largest absolute Gasteiger partial charge is 0.310 e. The molecule has 0 spiro atoms. The molecule has 0 aliphatic rings. The number of thioether (sulfide) groups is 1. The van der Waals surface area contributed by atoms with Gasteiger partial charge in [-0.05, 0) is 66.6 Å². The predicted octanol–water partition coefficient (Wildman–Crippen LogP) is 3.71. The van der Waals surface area contributed by atoms with E-state index in [1.165, 1.54) is 17.3 Å². The Morgan fingerprint density at radius 3 is 2.66 bits per heavy atom. The van der Waals surface area contributed by atoms with Gasteiger partial charge in [-0.15, -0.1) is 5.10 Å². The van der Waals surface area contributed by atoms with E-state index in [1.807, 2.05) is 62.4 Å². The van der Waals surface area contributed by atoms with Crippen molar-refractivity contribution >= 4 is 23.4 Å². The molecule has 0 fully saturated rings. The smallest absolute Gasteiger partial charge is 0.240 e. The van der Waals surface area contributed by atoms with Gasteiger partial charge >= 0.3 is 0 Å². The minimum Gasteiger partial charge on any atom is -0.310 e. The van der Waals surface area contributed by atoms with Crippen LogP contribution in [0.5, 0.6) is 0 Å². The van der Waals surface area contributed by atoms with E-state index in [1.54, 1.807) is 9.58 Å². The van der Waals surface area contributed by atoms with Crippen LogP contribution < -0.4 is 4.90 Å². The minimum absolute atomic E-state index is 0.0916. The van der Waals surface area contributed by atoms with E-state index in [-0.39, 0.29) is 12.3 Å². The van der Waals surface area contributed by atoms with Gasteiger partial charge in [-0.3, -0.25) is 4.79 Å². The average molecular weight is 407 g/mol. The van der Waals surface area contributed by atoms with E-state index in [9.17, 15) is 4.79 Å². The number of benzene rings is 2. The van der Waals surface area contributed by atoms with Gasteiger partial charge in [-0.1, -0.05) is 36.0 Å². The van der Waals surface area contributed by atoms with Gasteiger partial charge in [0, 0.05) is 12.2 Å². The fourth-order valence-corrected chi connectivity index (χ4v) is 3.71. The highest BCUT2D eigenvalue weighted by Crippen LogP contribution is 2.26. The summed E-state index contributed by atoms with van der Waals surface area (Å²) in [5, 5.41) is 21.1. The lowest BCUT2D eigenvalue weighted by Gasteiger charge is -2.24. The monoisotopic (exact) mass is 406 g/mol. The topological polar surface area (TPSA) is 87.7 Å². The summed E-state index contributed by atoms with van der Waals surface area (Å²) in [6, 6.07) is 17.5. The fraction of sp³-hybridized carbons (Fsp3) is 0.286. The Morgan fingerprint density at radius 2 is 1.97 bits per heavy atom. The van der Waals surface area contributed by atoms with Gasteiger partial charge in [0.25, 0.3) is 0 Å². The van der Waals surface area contributed by atoms with Gasteiger partial charge < -0.3 is 4.90 Å². The second-order valence-electron chi connectivity index (χ2n) is 6.64. The number of nitrogens with zero attached hydrogens (tertiary/aromatic N) is 6. The maximum atomic E-state index is 13.1. The predicted molar refractivity (Wildman–Crippen MR) is 113 cm³/mol. The molecule has 1 aromatic heterocycles. The molecule has 3 aromatic rings. The van der Waals surface area contributed by atoms with Crippen molar-refractivity contribution in [1.82, 2.24) is 20.2 Å². The van der Waals surface area contributed by atoms with Crippen molar-refractivity contribution < 1.29 is 4.79 Å². The van der Waals surface area contributed by atoms with Crippen LogP contribution in [0.25, 0.3) is 5.69 Å². The molecular weight excluding hydrogens is 384 g/mol. The van der Waals surface area contributed by atoms with Gasteiger partial charge in [0.2, 0.25) is 11.1 Å². The number of hydrogen-bond donors (Lipinski definition) is 0. The van der Waals surface area contributed by atoms with E-state index >= 15 is 0 Å². The summed E-state index contributed by atoms with van der Waals surface area (Å²) >= 11 is 1.30. The van der Waals surface area contributed by atoms with Gasteiger partial charge in [-0.25, -0.2) is 0 Å². The van der Waals surface area contributed by atoms with Crippen molar-refractivity contribution in [2.45, 2.75) is 37.6 Å². The molecule has 7 nitrogen and oxygen atoms in total. The van der Waals surface area contributed by atoms with Crippen LogP contribution in [0.1, 0.15) is 24.5 Å². The van der Waals surface area contributed by atoms with Crippen LogP contribution in [0.15, 0.2) is 53.7 Å². The summed E-state index contributed by atoms with van der Waals surface area (Å²) in [6.07, 6.45) is 0.262. The van der Waals surface area contributed by atoms with Crippen LogP contribution >= 0.6 is 11.8 Å². The van der Waals surface area contributed by atoms with E-state index in [2.05, 4.69) is 28.5 Å². The summed E-state index contributed by atoms with van der Waals surface area (Å²) in [5.74, 6) is -0.0916. The van der Waals surface area contributed by atoms with Crippen LogP contribution in [0, 0.1) is 25.2 Å². The quantitative estimate of drug-likeness (QED) is 0.556. The molecule has 3 rings (SSSR count). The van der Waals surface area contributed by atoms with E-state index < -0.39 is 5.25 Å². The Labute approximate surface area is 174 Å². The average Bonchev–Trinajstić information content (AvgIpc) is 3.19. The lowest BCUT2D eigenvalue weighted by molar-refractivity contribution is -0.117. The SMILES string of the molecule is Cc1ccc(-n2nnnc2S[C@@H](C)C(=O)N(CCC#N)c2ccccc2)cc1C. The molecule has 0 unspecified atom stereocenters. The second-order valence-corrected chi connectivity index (χ2v) is 7.94. The molecular formula is C21H22N6OS. The van der Waals surface area contributed by atoms with Gasteiger partial charge in [-0.2, -0.15) is 9.94 Å². The zero-order chi connectivity index (χ0) is 20.8. The molecule has 1 atom stereocenters. The third-order valence-corrected chi connectivity index (χ3v) is 5.61. The second kappa shape index (κ2) is 9.34. The molecule has 1 amide bonds. The van der Waals surface area contributed by atoms with Crippen LogP contribution in [-0.2, 0) is 4.79 Å². The van der Waals surface area contributed by atoms with Gasteiger partial charge in [0.05, 0.1) is 23.4 Å². The van der Waals surface area contributed by atoms with Crippen LogP contribution in [-0.4, -0.2) is 37.9 Å². The number of anilines is 1. The van der Waals surface area contributed by atoms with Gasteiger partial charge in [0.15, 0.2) is 0 Å². The molecule has 1 heterocycles. The van der Waals surface area contributed by atoms with Crippen LogP contribution in [0.4, 0.5) is 5.69 Å². The molecule has 0 N–H and O–H groups in total. The molecule has 0 aliphatic carbocycles. The molecule has 0 aliphatic heterocycles. The molecule has 0 saturated carbocycles. The summed E-state index contributed by atoms with van der Waals surface area (Å²) in [4.78, 5) is 14.8. The Kier molecular flexibility index (Phi) is 6.62. The first-order valence-corrected chi connectivity index (χ1v) is 10.1. The summed E-state index contributed by atoms with van der Waals surface area (Å²) in [6.45, 7) is 6.25. The van der Waals surface area contributed by atoms with Crippen molar-refractivity contribution in [3.63, 3.8) is 0 Å². The first-order valence-electron chi connectivity index (χ1n) is 9.27. The zero-order valence-corrected chi connectivity index (χ0v) is 17.4. The Balaban J connectivity index is 1.81. The Bertz CT molecular complexity index is 1030. The van der Waals surface area contributed by atoms with Crippen molar-refractivity contribution in [2.75, 3.05) is 11.4 Å². The maximum absolute atomic E-state index is 13.1. The van der Waals surface area contributed by atoms with Crippen molar-refractivity contribution in [3.8, 4) is 11.8 Å². The molecule has 2 aromatic carbocycles. The zero-order valence-electron chi connectivity index (χ0n) is 16.6. The molecule has 29 heavy (non-hydrogen) atoms. The molecule has 148 valence electrons. The first kappa shape index (κ1) is 20.6.